The molecule has 10 heteroatoms. The number of fused-ring (bicyclic) bond motifs is 2. The lowest BCUT2D eigenvalue weighted by atomic mass is 9.97. The maximum Gasteiger partial charge on any atom is 0.404 e. The van der Waals surface area contributed by atoms with Crippen molar-refractivity contribution in [3.63, 3.8) is 0 Å². The van der Waals surface area contributed by atoms with Crippen molar-refractivity contribution >= 4 is 34.8 Å². The van der Waals surface area contributed by atoms with E-state index in [0.29, 0.717) is 54.6 Å². The van der Waals surface area contributed by atoms with Crippen LogP contribution in [0.2, 0.25) is 0 Å². The van der Waals surface area contributed by atoms with E-state index in [2.05, 4.69) is 15.3 Å². The molecule has 0 bridgehead atoms. The highest BCUT2D eigenvalue weighted by Gasteiger charge is 2.30. The van der Waals surface area contributed by atoms with Crippen molar-refractivity contribution in [3.8, 4) is 11.1 Å². The van der Waals surface area contributed by atoms with Crippen LogP contribution in [0.4, 0.5) is 10.7 Å². The van der Waals surface area contributed by atoms with E-state index >= 15 is 0 Å². The Labute approximate surface area is 224 Å². The minimum atomic E-state index is -1.10. The summed E-state index contributed by atoms with van der Waals surface area (Å²) in [5, 5.41) is 12.0. The lowest BCUT2D eigenvalue weighted by Gasteiger charge is -2.19. The third kappa shape index (κ3) is 4.61. The van der Waals surface area contributed by atoms with Crippen molar-refractivity contribution < 1.29 is 19.5 Å². The Kier molecular flexibility index (Phi) is 6.07. The van der Waals surface area contributed by atoms with Crippen LogP contribution in [0.1, 0.15) is 38.4 Å². The van der Waals surface area contributed by atoms with Crippen molar-refractivity contribution in [3.05, 3.63) is 89.1 Å². The highest BCUT2D eigenvalue weighted by Crippen LogP contribution is 2.31. The molecule has 2 aliphatic heterocycles. The first-order valence-electron chi connectivity index (χ1n) is 12.7. The number of carboxylic acid groups (broad SMARTS) is 1. The zero-order valence-corrected chi connectivity index (χ0v) is 21.0. The number of aromatic nitrogens is 2. The number of amides is 3. The van der Waals surface area contributed by atoms with E-state index in [0.717, 1.165) is 16.7 Å². The zero-order valence-electron chi connectivity index (χ0n) is 21.0. The molecular weight excluding hydrogens is 496 g/mol. The standard InChI is InChI=1S/C29H26N6O4/c30-28-32-24-10-9-17(13-23(24)25(33-28)27(37)35-14-18-5-1-2-6-19(18)15-35)21-7-3-4-8-22(21)26(36)34-12-11-20(16-34)31-29(38)39/h1-10,13,20,31H,11-12,14-16H2,(H,38,39)(H2,30,32,33). The van der Waals surface area contributed by atoms with Crippen molar-refractivity contribution in [2.75, 3.05) is 18.8 Å². The molecule has 1 fully saturated rings. The number of anilines is 1. The second kappa shape index (κ2) is 9.71. The second-order valence-corrected chi connectivity index (χ2v) is 9.82. The molecule has 1 unspecified atom stereocenters. The largest absolute Gasteiger partial charge is 0.465 e. The molecular formula is C29H26N6O4. The Balaban J connectivity index is 1.35. The Morgan fingerprint density at radius 2 is 1.62 bits per heavy atom. The SMILES string of the molecule is Nc1nc(C(=O)N2Cc3ccccc3C2)c2cc(-c3ccccc3C(=O)N3CCC(NC(=O)O)C3)ccc2n1. The maximum atomic E-state index is 13.7. The molecule has 3 aromatic carbocycles. The molecule has 6 rings (SSSR count). The predicted molar refractivity (Wildman–Crippen MR) is 145 cm³/mol. The van der Waals surface area contributed by atoms with Gasteiger partial charge < -0.3 is 26.0 Å². The number of hydrogen-bond donors (Lipinski definition) is 3. The van der Waals surface area contributed by atoms with E-state index in [1.807, 2.05) is 48.5 Å². The smallest absolute Gasteiger partial charge is 0.404 e. The van der Waals surface area contributed by atoms with Gasteiger partial charge in [-0.1, -0.05) is 48.5 Å². The molecule has 4 N–H and O–H groups in total. The van der Waals surface area contributed by atoms with Crippen LogP contribution in [0.15, 0.2) is 66.7 Å². The van der Waals surface area contributed by atoms with Gasteiger partial charge >= 0.3 is 6.09 Å². The summed E-state index contributed by atoms with van der Waals surface area (Å²) in [7, 11) is 0. The van der Waals surface area contributed by atoms with Gasteiger partial charge in [0.2, 0.25) is 5.95 Å². The van der Waals surface area contributed by atoms with Gasteiger partial charge in [0.05, 0.1) is 11.6 Å². The van der Waals surface area contributed by atoms with Gasteiger partial charge in [-0.3, -0.25) is 9.59 Å². The van der Waals surface area contributed by atoms with Crippen LogP contribution in [0, 0.1) is 0 Å². The van der Waals surface area contributed by atoms with E-state index in [1.165, 1.54) is 0 Å². The molecule has 1 atom stereocenters. The lowest BCUT2D eigenvalue weighted by Crippen LogP contribution is -2.37. The van der Waals surface area contributed by atoms with Crippen molar-refractivity contribution in [2.45, 2.75) is 25.6 Å². The van der Waals surface area contributed by atoms with Crippen LogP contribution in [0.25, 0.3) is 22.0 Å². The molecule has 10 nitrogen and oxygen atoms in total. The van der Waals surface area contributed by atoms with Gasteiger partial charge in [0.15, 0.2) is 0 Å². The molecule has 2 aliphatic rings. The summed E-state index contributed by atoms with van der Waals surface area (Å²) in [4.78, 5) is 50.2. The summed E-state index contributed by atoms with van der Waals surface area (Å²) in [5.41, 5.74) is 10.9. The third-order valence-corrected chi connectivity index (χ3v) is 7.32. The fraction of sp³-hybridized carbons (Fsp3) is 0.207. The molecule has 3 heterocycles. The normalized spacial score (nSPS) is 16.4. The molecule has 0 spiro atoms. The first-order valence-corrected chi connectivity index (χ1v) is 12.7. The van der Waals surface area contributed by atoms with Gasteiger partial charge in [-0.25, -0.2) is 14.8 Å². The van der Waals surface area contributed by atoms with Crippen LogP contribution in [-0.2, 0) is 13.1 Å². The number of likely N-dealkylation sites (tertiary alicyclic amines) is 1. The third-order valence-electron chi connectivity index (χ3n) is 7.32. The maximum absolute atomic E-state index is 13.7. The van der Waals surface area contributed by atoms with E-state index in [9.17, 15) is 14.4 Å². The van der Waals surface area contributed by atoms with E-state index in [-0.39, 0.29) is 29.5 Å². The zero-order chi connectivity index (χ0) is 27.1. The topological polar surface area (TPSA) is 142 Å². The van der Waals surface area contributed by atoms with Gasteiger partial charge in [-0.15, -0.1) is 0 Å². The summed E-state index contributed by atoms with van der Waals surface area (Å²) < 4.78 is 0. The van der Waals surface area contributed by atoms with Crippen LogP contribution >= 0.6 is 0 Å². The second-order valence-electron chi connectivity index (χ2n) is 9.82. The highest BCUT2D eigenvalue weighted by molar-refractivity contribution is 6.07. The molecule has 196 valence electrons. The van der Waals surface area contributed by atoms with Crippen LogP contribution < -0.4 is 11.1 Å². The summed E-state index contributed by atoms with van der Waals surface area (Å²) >= 11 is 0. The molecule has 3 amide bonds. The monoisotopic (exact) mass is 522 g/mol. The quantitative estimate of drug-likeness (QED) is 0.372. The number of carbonyl (C=O) groups excluding carboxylic acids is 2. The minimum Gasteiger partial charge on any atom is -0.465 e. The van der Waals surface area contributed by atoms with Crippen LogP contribution in [0.5, 0.6) is 0 Å². The first-order chi connectivity index (χ1) is 18.9. The fourth-order valence-corrected chi connectivity index (χ4v) is 5.43. The van der Waals surface area contributed by atoms with Gasteiger partial charge in [0, 0.05) is 37.1 Å². The number of carbonyl (C=O) groups is 3. The van der Waals surface area contributed by atoms with Crippen molar-refractivity contribution in [1.82, 2.24) is 25.1 Å². The van der Waals surface area contributed by atoms with Gasteiger partial charge in [0.1, 0.15) is 5.69 Å². The Bertz CT molecular complexity index is 1610. The molecule has 0 saturated carbocycles. The molecule has 1 aromatic heterocycles. The summed E-state index contributed by atoms with van der Waals surface area (Å²) in [5.74, 6) is -0.398. The molecule has 0 radical (unpaired) electrons. The molecule has 4 aromatic rings. The number of nitrogens with one attached hydrogen (secondary N) is 1. The Hall–Kier alpha value is -4.99. The molecule has 39 heavy (non-hydrogen) atoms. The number of rotatable bonds is 4. The van der Waals surface area contributed by atoms with Gasteiger partial charge in [0.25, 0.3) is 11.8 Å². The van der Waals surface area contributed by atoms with Crippen LogP contribution in [0.3, 0.4) is 0 Å². The predicted octanol–water partition coefficient (Wildman–Crippen LogP) is 3.52. The van der Waals surface area contributed by atoms with E-state index in [4.69, 9.17) is 10.8 Å². The van der Waals surface area contributed by atoms with Crippen LogP contribution in [-0.4, -0.2) is 61.9 Å². The van der Waals surface area contributed by atoms with Gasteiger partial charge in [-0.2, -0.15) is 0 Å². The van der Waals surface area contributed by atoms with E-state index in [1.54, 1.807) is 28.0 Å². The summed E-state index contributed by atoms with van der Waals surface area (Å²) in [6.07, 6.45) is -0.544. The summed E-state index contributed by atoms with van der Waals surface area (Å²) in [6, 6.07) is 20.4. The lowest BCUT2D eigenvalue weighted by molar-refractivity contribution is 0.0746. The number of nitrogens with zero attached hydrogens (tertiary/aromatic N) is 4. The number of nitrogen functional groups attached to an aromatic ring is 1. The highest BCUT2D eigenvalue weighted by atomic mass is 16.4. The van der Waals surface area contributed by atoms with Crippen molar-refractivity contribution in [2.24, 2.45) is 0 Å². The first kappa shape index (κ1) is 24.4. The average molecular weight is 523 g/mol. The molecule has 1 saturated heterocycles. The van der Waals surface area contributed by atoms with Gasteiger partial charge in [-0.05, 0) is 46.9 Å². The number of hydrogen-bond acceptors (Lipinski definition) is 6. The molecule has 0 aliphatic carbocycles. The fourth-order valence-electron chi connectivity index (χ4n) is 5.43. The minimum absolute atomic E-state index is 0.0180. The average Bonchev–Trinajstić information content (AvgIpc) is 3.58. The number of benzene rings is 3. The van der Waals surface area contributed by atoms with E-state index < -0.39 is 6.09 Å². The van der Waals surface area contributed by atoms with Crippen molar-refractivity contribution in [1.29, 1.82) is 0 Å². The Morgan fingerprint density at radius 3 is 2.36 bits per heavy atom. The summed E-state index contributed by atoms with van der Waals surface area (Å²) in [6.45, 7) is 1.75. The Morgan fingerprint density at radius 1 is 0.897 bits per heavy atom. The number of nitrogens with two attached hydrogens (primary N) is 1.